The Morgan fingerprint density at radius 1 is 0.864 bits per heavy atom. The zero-order chi connectivity index (χ0) is 15.9. The highest BCUT2D eigenvalue weighted by atomic mass is 16.2. The molecule has 0 aliphatic carbocycles. The fraction of sp³-hybridized carbons (Fsp3) is 0.714. The minimum atomic E-state index is -0.506. The maximum Gasteiger partial charge on any atom is 0.242 e. The third-order valence-electron chi connectivity index (χ3n) is 3.82. The minimum absolute atomic E-state index is 0.00392. The lowest BCUT2D eigenvalue weighted by molar-refractivity contribution is -0.132. The molecule has 2 heterocycles. The lowest BCUT2D eigenvalue weighted by atomic mass is 10.1. The van der Waals surface area contributed by atoms with Gasteiger partial charge in [0.1, 0.15) is 12.1 Å². The van der Waals surface area contributed by atoms with Crippen LogP contribution in [0.15, 0.2) is 0 Å². The third-order valence-corrected chi connectivity index (χ3v) is 3.82. The van der Waals surface area contributed by atoms with Gasteiger partial charge in [0.05, 0.1) is 0 Å². The van der Waals surface area contributed by atoms with E-state index in [1.807, 2.05) is 0 Å². The molecular formula is C14H22N4O4. The van der Waals surface area contributed by atoms with Crippen LogP contribution in [0.25, 0.3) is 0 Å². The number of hydrogen-bond donors (Lipinski definition) is 4. The van der Waals surface area contributed by atoms with Crippen LogP contribution < -0.4 is 21.3 Å². The summed E-state index contributed by atoms with van der Waals surface area (Å²) in [6.45, 7) is 1.27. The summed E-state index contributed by atoms with van der Waals surface area (Å²) < 4.78 is 0. The molecule has 8 nitrogen and oxygen atoms in total. The third kappa shape index (κ3) is 4.71. The second kappa shape index (κ2) is 7.77. The van der Waals surface area contributed by atoms with Gasteiger partial charge >= 0.3 is 0 Å². The molecule has 2 atom stereocenters. The van der Waals surface area contributed by atoms with E-state index in [1.54, 1.807) is 0 Å². The smallest absolute Gasteiger partial charge is 0.242 e. The average Bonchev–Trinajstić information content (AvgIpc) is 2.50. The number of carbonyl (C=O) groups excluding carboxylic acids is 4. The van der Waals surface area contributed by atoms with E-state index in [0.29, 0.717) is 25.9 Å². The van der Waals surface area contributed by atoms with Crippen molar-refractivity contribution in [3.8, 4) is 0 Å². The second-order valence-electron chi connectivity index (χ2n) is 5.61. The van der Waals surface area contributed by atoms with E-state index in [1.165, 1.54) is 0 Å². The Kier molecular flexibility index (Phi) is 5.74. The van der Waals surface area contributed by atoms with Crippen molar-refractivity contribution in [2.75, 3.05) is 13.1 Å². The molecule has 0 radical (unpaired) electrons. The molecule has 4 N–H and O–H groups in total. The molecule has 2 saturated heterocycles. The molecule has 0 spiro atoms. The number of carbonyl (C=O) groups is 4. The van der Waals surface area contributed by atoms with Crippen molar-refractivity contribution in [2.24, 2.45) is 0 Å². The average molecular weight is 310 g/mol. The summed E-state index contributed by atoms with van der Waals surface area (Å²) in [4.78, 5) is 46.6. The molecule has 8 heteroatoms. The first-order valence-corrected chi connectivity index (χ1v) is 7.70. The van der Waals surface area contributed by atoms with Gasteiger partial charge in [0.2, 0.25) is 23.6 Å². The standard InChI is InChI=1S/C14H22N4O4/c19-11(17-9-3-1-7-15-13(9)21)5-6-12(20)18-10-4-2-8-16-14(10)22/h9-10H,1-8H2,(H,15,21)(H,16,22)(H,17,19)(H,18,20). The minimum Gasteiger partial charge on any atom is -0.354 e. The van der Waals surface area contributed by atoms with Crippen molar-refractivity contribution >= 4 is 23.6 Å². The van der Waals surface area contributed by atoms with Gasteiger partial charge in [0.15, 0.2) is 0 Å². The van der Waals surface area contributed by atoms with E-state index in [2.05, 4.69) is 21.3 Å². The number of amides is 4. The van der Waals surface area contributed by atoms with Gasteiger partial charge in [0.25, 0.3) is 0 Å². The lowest BCUT2D eigenvalue weighted by Gasteiger charge is -2.23. The van der Waals surface area contributed by atoms with Gasteiger partial charge in [0, 0.05) is 25.9 Å². The van der Waals surface area contributed by atoms with Crippen LogP contribution in [0, 0.1) is 0 Å². The Morgan fingerprint density at radius 3 is 1.64 bits per heavy atom. The Morgan fingerprint density at radius 2 is 1.27 bits per heavy atom. The monoisotopic (exact) mass is 310 g/mol. The first kappa shape index (κ1) is 16.3. The van der Waals surface area contributed by atoms with Crippen LogP contribution in [0.1, 0.15) is 38.5 Å². The molecule has 0 aromatic rings. The fourth-order valence-corrected chi connectivity index (χ4v) is 2.58. The van der Waals surface area contributed by atoms with Gasteiger partial charge in [-0.1, -0.05) is 0 Å². The summed E-state index contributed by atoms with van der Waals surface area (Å²) >= 11 is 0. The molecule has 2 unspecified atom stereocenters. The van der Waals surface area contributed by atoms with Crippen LogP contribution in [0.4, 0.5) is 0 Å². The Bertz CT molecular complexity index is 424. The van der Waals surface area contributed by atoms with Crippen LogP contribution in [-0.2, 0) is 19.2 Å². The van der Waals surface area contributed by atoms with E-state index in [4.69, 9.17) is 0 Å². The maximum atomic E-state index is 11.8. The summed E-state index contributed by atoms with van der Waals surface area (Å²) in [5.41, 5.74) is 0. The topological polar surface area (TPSA) is 116 Å². The highest BCUT2D eigenvalue weighted by molar-refractivity contribution is 5.91. The fourth-order valence-electron chi connectivity index (χ4n) is 2.58. The van der Waals surface area contributed by atoms with Crippen LogP contribution in [0.5, 0.6) is 0 Å². The molecule has 22 heavy (non-hydrogen) atoms. The number of rotatable bonds is 5. The van der Waals surface area contributed by atoms with Gasteiger partial charge in [-0.05, 0) is 25.7 Å². The van der Waals surface area contributed by atoms with Crippen molar-refractivity contribution in [1.29, 1.82) is 0 Å². The molecule has 0 aromatic carbocycles. The molecular weight excluding hydrogens is 288 g/mol. The first-order valence-electron chi connectivity index (χ1n) is 7.70. The predicted octanol–water partition coefficient (Wildman–Crippen LogP) is -1.44. The predicted molar refractivity (Wildman–Crippen MR) is 77.6 cm³/mol. The summed E-state index contributed by atoms with van der Waals surface area (Å²) in [5, 5.41) is 10.6. The highest BCUT2D eigenvalue weighted by Crippen LogP contribution is 2.05. The lowest BCUT2D eigenvalue weighted by Crippen LogP contribution is -2.51. The van der Waals surface area contributed by atoms with Crippen LogP contribution in [0.3, 0.4) is 0 Å². The van der Waals surface area contributed by atoms with E-state index in [-0.39, 0.29) is 36.5 Å². The van der Waals surface area contributed by atoms with Gasteiger partial charge in [-0.15, -0.1) is 0 Å². The molecule has 2 aliphatic heterocycles. The molecule has 4 amide bonds. The van der Waals surface area contributed by atoms with Gasteiger partial charge in [-0.2, -0.15) is 0 Å². The summed E-state index contributed by atoms with van der Waals surface area (Å²) in [6, 6.07) is -1.01. The van der Waals surface area contributed by atoms with Crippen molar-refractivity contribution in [3.05, 3.63) is 0 Å². The van der Waals surface area contributed by atoms with Crippen molar-refractivity contribution in [1.82, 2.24) is 21.3 Å². The molecule has 2 fully saturated rings. The molecule has 2 rings (SSSR count). The zero-order valence-corrected chi connectivity index (χ0v) is 12.4. The highest BCUT2D eigenvalue weighted by Gasteiger charge is 2.25. The van der Waals surface area contributed by atoms with Crippen molar-refractivity contribution in [2.45, 2.75) is 50.6 Å². The van der Waals surface area contributed by atoms with Crippen LogP contribution in [0.2, 0.25) is 0 Å². The number of piperidine rings is 2. The Balaban J connectivity index is 1.68. The van der Waals surface area contributed by atoms with Crippen molar-refractivity contribution < 1.29 is 19.2 Å². The molecule has 122 valence electrons. The Labute approximate surface area is 128 Å². The van der Waals surface area contributed by atoms with Crippen LogP contribution >= 0.6 is 0 Å². The molecule has 0 aromatic heterocycles. The SMILES string of the molecule is O=C(CCC(=O)NC1CCCNC1=O)NC1CCCNC1=O. The van der Waals surface area contributed by atoms with E-state index in [9.17, 15) is 19.2 Å². The van der Waals surface area contributed by atoms with Gasteiger partial charge in [-0.25, -0.2) is 0 Å². The summed E-state index contributed by atoms with van der Waals surface area (Å²) in [6.07, 6.45) is 2.90. The molecule has 2 aliphatic rings. The van der Waals surface area contributed by atoms with E-state index >= 15 is 0 Å². The van der Waals surface area contributed by atoms with Gasteiger partial charge < -0.3 is 21.3 Å². The maximum absolute atomic E-state index is 11.8. The van der Waals surface area contributed by atoms with Gasteiger partial charge in [-0.3, -0.25) is 19.2 Å². The summed E-state index contributed by atoms with van der Waals surface area (Å²) in [5.74, 6) is -1.01. The Hall–Kier alpha value is -2.12. The van der Waals surface area contributed by atoms with E-state index < -0.39 is 12.1 Å². The summed E-state index contributed by atoms with van der Waals surface area (Å²) in [7, 11) is 0. The largest absolute Gasteiger partial charge is 0.354 e. The van der Waals surface area contributed by atoms with Crippen LogP contribution in [-0.4, -0.2) is 48.8 Å². The zero-order valence-electron chi connectivity index (χ0n) is 12.4. The normalized spacial score (nSPS) is 24.9. The van der Waals surface area contributed by atoms with E-state index in [0.717, 1.165) is 12.8 Å². The molecule has 0 bridgehead atoms. The number of hydrogen-bond acceptors (Lipinski definition) is 4. The number of nitrogens with one attached hydrogen (secondary N) is 4. The van der Waals surface area contributed by atoms with Crippen molar-refractivity contribution in [3.63, 3.8) is 0 Å². The quantitative estimate of drug-likeness (QED) is 0.497. The second-order valence-corrected chi connectivity index (χ2v) is 5.61. The molecule has 0 saturated carbocycles. The first-order chi connectivity index (χ1) is 10.6.